The highest BCUT2D eigenvalue weighted by Gasteiger charge is 2.31. The number of hydrogen-bond donors (Lipinski definition) is 2. The maximum absolute atomic E-state index is 12.3. The van der Waals surface area contributed by atoms with Crippen LogP contribution in [0.3, 0.4) is 0 Å². The molecule has 1 aliphatic carbocycles. The first kappa shape index (κ1) is 16.9. The molecule has 2 amide bonds. The van der Waals surface area contributed by atoms with E-state index in [1.165, 1.54) is 4.90 Å². The number of hydrogen-bond acceptors (Lipinski definition) is 4. The summed E-state index contributed by atoms with van der Waals surface area (Å²) in [5.41, 5.74) is 6.02. The molecule has 1 fully saturated rings. The van der Waals surface area contributed by atoms with Crippen molar-refractivity contribution >= 4 is 11.8 Å². The predicted molar refractivity (Wildman–Crippen MR) is 77.0 cm³/mol. The number of amides is 2. The van der Waals surface area contributed by atoms with E-state index in [1.54, 1.807) is 14.2 Å². The maximum atomic E-state index is 12.3. The van der Waals surface area contributed by atoms with Crippen LogP contribution in [0, 0.1) is 11.8 Å². The summed E-state index contributed by atoms with van der Waals surface area (Å²) >= 11 is 0. The lowest BCUT2D eigenvalue weighted by molar-refractivity contribution is -0.139. The molecule has 3 N–H and O–H groups in total. The van der Waals surface area contributed by atoms with Gasteiger partial charge in [-0.2, -0.15) is 0 Å². The largest absolute Gasteiger partial charge is 0.383 e. The van der Waals surface area contributed by atoms with Crippen LogP contribution in [0.15, 0.2) is 0 Å². The Labute approximate surface area is 121 Å². The highest BCUT2D eigenvalue weighted by Crippen LogP contribution is 2.28. The van der Waals surface area contributed by atoms with Crippen LogP contribution in [0.5, 0.6) is 0 Å². The van der Waals surface area contributed by atoms with Gasteiger partial charge in [0.15, 0.2) is 0 Å². The second kappa shape index (κ2) is 8.21. The first-order chi connectivity index (χ1) is 9.45. The third kappa shape index (κ3) is 5.09. The van der Waals surface area contributed by atoms with Gasteiger partial charge < -0.3 is 20.7 Å². The number of rotatable bonds is 6. The molecule has 3 unspecified atom stereocenters. The standard InChI is InChI=1S/C14H27N3O3/c1-10-4-5-11(8-12(10)15)14(19)17(2)9-13(18)16-6-7-20-3/h10-12H,4-9,15H2,1-3H3,(H,16,18). The molecular formula is C14H27N3O3. The Balaban J connectivity index is 2.37. The molecule has 6 heteroatoms. The topological polar surface area (TPSA) is 84.7 Å². The molecule has 1 rings (SSSR count). The molecule has 1 saturated carbocycles. The molecule has 0 aromatic carbocycles. The van der Waals surface area contributed by atoms with Gasteiger partial charge in [0.2, 0.25) is 11.8 Å². The number of likely N-dealkylation sites (N-methyl/N-ethyl adjacent to an activating group) is 1. The number of methoxy groups -OCH3 is 1. The summed E-state index contributed by atoms with van der Waals surface area (Å²) in [6.45, 7) is 3.14. The fourth-order valence-electron chi connectivity index (χ4n) is 2.53. The van der Waals surface area contributed by atoms with Gasteiger partial charge in [-0.15, -0.1) is 0 Å². The number of carbonyl (C=O) groups is 2. The third-order valence-electron chi connectivity index (χ3n) is 3.99. The fraction of sp³-hybridized carbons (Fsp3) is 0.857. The van der Waals surface area contributed by atoms with Gasteiger partial charge in [-0.3, -0.25) is 9.59 Å². The van der Waals surface area contributed by atoms with Gasteiger partial charge in [0, 0.05) is 32.7 Å². The van der Waals surface area contributed by atoms with Crippen LogP contribution >= 0.6 is 0 Å². The molecule has 20 heavy (non-hydrogen) atoms. The summed E-state index contributed by atoms with van der Waals surface area (Å²) in [5.74, 6) is 0.292. The fourth-order valence-corrected chi connectivity index (χ4v) is 2.53. The van der Waals surface area contributed by atoms with Crippen molar-refractivity contribution in [1.29, 1.82) is 0 Å². The van der Waals surface area contributed by atoms with Gasteiger partial charge >= 0.3 is 0 Å². The van der Waals surface area contributed by atoms with Crippen LogP contribution in [-0.4, -0.2) is 56.6 Å². The van der Waals surface area contributed by atoms with Crippen LogP contribution in [-0.2, 0) is 14.3 Å². The van der Waals surface area contributed by atoms with Crippen molar-refractivity contribution in [3.8, 4) is 0 Å². The van der Waals surface area contributed by atoms with E-state index < -0.39 is 0 Å². The molecule has 0 heterocycles. The van der Waals surface area contributed by atoms with Crippen molar-refractivity contribution in [1.82, 2.24) is 10.2 Å². The zero-order valence-corrected chi connectivity index (χ0v) is 12.7. The maximum Gasteiger partial charge on any atom is 0.239 e. The predicted octanol–water partition coefficient (Wildman–Crippen LogP) is -0.0291. The molecular weight excluding hydrogens is 258 g/mol. The van der Waals surface area contributed by atoms with E-state index in [1.807, 2.05) is 0 Å². The summed E-state index contributed by atoms with van der Waals surface area (Å²) in [6.07, 6.45) is 2.56. The molecule has 3 atom stereocenters. The summed E-state index contributed by atoms with van der Waals surface area (Å²) < 4.78 is 4.85. The zero-order chi connectivity index (χ0) is 15.1. The minimum absolute atomic E-state index is 0.0224. The van der Waals surface area contributed by atoms with E-state index in [9.17, 15) is 9.59 Å². The van der Waals surface area contributed by atoms with Gasteiger partial charge in [0.1, 0.15) is 0 Å². The van der Waals surface area contributed by atoms with Crippen LogP contribution in [0.4, 0.5) is 0 Å². The van der Waals surface area contributed by atoms with Gasteiger partial charge in [-0.1, -0.05) is 6.92 Å². The zero-order valence-electron chi connectivity index (χ0n) is 12.7. The Kier molecular flexibility index (Phi) is 6.95. The summed E-state index contributed by atoms with van der Waals surface area (Å²) in [5, 5.41) is 2.71. The Morgan fingerprint density at radius 2 is 2.10 bits per heavy atom. The highest BCUT2D eigenvalue weighted by molar-refractivity contribution is 5.85. The molecule has 6 nitrogen and oxygen atoms in total. The quantitative estimate of drug-likeness (QED) is 0.671. The Hall–Kier alpha value is -1.14. The average molecular weight is 285 g/mol. The molecule has 0 aromatic heterocycles. The van der Waals surface area contributed by atoms with Crippen molar-refractivity contribution < 1.29 is 14.3 Å². The molecule has 0 radical (unpaired) electrons. The van der Waals surface area contributed by atoms with Crippen molar-refractivity contribution in [3.05, 3.63) is 0 Å². The second-order valence-electron chi connectivity index (χ2n) is 5.69. The van der Waals surface area contributed by atoms with Crippen molar-refractivity contribution in [2.24, 2.45) is 17.6 Å². The molecule has 116 valence electrons. The summed E-state index contributed by atoms with van der Waals surface area (Å²) in [6, 6.07) is 0.0848. The average Bonchev–Trinajstić information content (AvgIpc) is 2.41. The second-order valence-corrected chi connectivity index (χ2v) is 5.69. The molecule has 0 aliphatic heterocycles. The number of nitrogens with two attached hydrogens (primary N) is 1. The van der Waals surface area contributed by atoms with Crippen LogP contribution in [0.1, 0.15) is 26.2 Å². The monoisotopic (exact) mass is 285 g/mol. The normalized spacial score (nSPS) is 26.1. The van der Waals surface area contributed by atoms with Gasteiger partial charge in [0.05, 0.1) is 13.2 Å². The van der Waals surface area contributed by atoms with E-state index in [0.717, 1.165) is 19.3 Å². The Morgan fingerprint density at radius 3 is 2.70 bits per heavy atom. The Bertz CT molecular complexity index is 336. The third-order valence-corrected chi connectivity index (χ3v) is 3.99. The van der Waals surface area contributed by atoms with Crippen molar-refractivity contribution in [2.45, 2.75) is 32.2 Å². The SMILES string of the molecule is COCCNC(=O)CN(C)C(=O)C1CCC(C)C(N)C1. The lowest BCUT2D eigenvalue weighted by atomic mass is 9.79. The van der Waals surface area contributed by atoms with Crippen molar-refractivity contribution in [2.75, 3.05) is 33.9 Å². The van der Waals surface area contributed by atoms with E-state index in [0.29, 0.717) is 19.1 Å². The van der Waals surface area contributed by atoms with Gasteiger partial charge in [0.25, 0.3) is 0 Å². The molecule has 0 aromatic rings. The van der Waals surface area contributed by atoms with E-state index in [2.05, 4.69) is 12.2 Å². The molecule has 0 spiro atoms. The van der Waals surface area contributed by atoms with Gasteiger partial charge in [-0.05, 0) is 25.2 Å². The van der Waals surface area contributed by atoms with E-state index in [-0.39, 0.29) is 30.3 Å². The first-order valence-electron chi connectivity index (χ1n) is 7.22. The minimum Gasteiger partial charge on any atom is -0.383 e. The summed E-state index contributed by atoms with van der Waals surface area (Å²) in [7, 11) is 3.25. The van der Waals surface area contributed by atoms with Crippen molar-refractivity contribution in [3.63, 3.8) is 0 Å². The van der Waals surface area contributed by atoms with E-state index in [4.69, 9.17) is 10.5 Å². The van der Waals surface area contributed by atoms with Crippen LogP contribution in [0.25, 0.3) is 0 Å². The molecule has 0 saturated heterocycles. The van der Waals surface area contributed by atoms with Crippen LogP contribution < -0.4 is 11.1 Å². The smallest absolute Gasteiger partial charge is 0.239 e. The lowest BCUT2D eigenvalue weighted by Crippen LogP contribution is -2.45. The lowest BCUT2D eigenvalue weighted by Gasteiger charge is -2.33. The number of carbonyl (C=O) groups excluding carboxylic acids is 2. The number of nitrogens with zero attached hydrogens (tertiary/aromatic N) is 1. The first-order valence-corrected chi connectivity index (χ1v) is 7.22. The molecule has 0 bridgehead atoms. The molecule has 1 aliphatic rings. The number of nitrogens with one attached hydrogen (secondary N) is 1. The minimum atomic E-state index is -0.161. The van der Waals surface area contributed by atoms with E-state index >= 15 is 0 Å². The Morgan fingerprint density at radius 1 is 1.40 bits per heavy atom. The van der Waals surface area contributed by atoms with Crippen LogP contribution in [0.2, 0.25) is 0 Å². The van der Waals surface area contributed by atoms with Gasteiger partial charge in [-0.25, -0.2) is 0 Å². The number of ether oxygens (including phenoxy) is 1. The highest BCUT2D eigenvalue weighted by atomic mass is 16.5. The summed E-state index contributed by atoms with van der Waals surface area (Å²) in [4.78, 5) is 25.4.